The fourth-order valence-corrected chi connectivity index (χ4v) is 4.71. The van der Waals surface area contributed by atoms with Gasteiger partial charge in [-0.1, -0.05) is 0 Å². The van der Waals surface area contributed by atoms with Crippen LogP contribution in [0.3, 0.4) is 0 Å². The molecule has 5 rings (SSSR count). The van der Waals surface area contributed by atoms with E-state index < -0.39 is 5.63 Å². The molecule has 1 amide bonds. The van der Waals surface area contributed by atoms with E-state index >= 15 is 0 Å². The summed E-state index contributed by atoms with van der Waals surface area (Å²) in [6.45, 7) is 4.86. The largest absolute Gasteiger partial charge is 0.497 e. The Balaban J connectivity index is 1.46. The summed E-state index contributed by atoms with van der Waals surface area (Å²) in [4.78, 5) is 29.3. The van der Waals surface area contributed by atoms with Crippen molar-refractivity contribution < 1.29 is 23.1 Å². The van der Waals surface area contributed by atoms with Crippen LogP contribution in [0.4, 0.5) is 5.95 Å². The highest BCUT2D eigenvalue weighted by Crippen LogP contribution is 2.40. The third-order valence-electron chi connectivity index (χ3n) is 6.45. The maximum Gasteiger partial charge on any atom is 0.336 e. The lowest BCUT2D eigenvalue weighted by Crippen LogP contribution is -2.30. The van der Waals surface area contributed by atoms with Crippen LogP contribution in [0.2, 0.25) is 0 Å². The van der Waals surface area contributed by atoms with E-state index in [4.69, 9.17) is 18.3 Å². The van der Waals surface area contributed by atoms with Gasteiger partial charge in [-0.2, -0.15) is 10.1 Å². The maximum absolute atomic E-state index is 13.1. The summed E-state index contributed by atoms with van der Waals surface area (Å²) >= 11 is 0. The van der Waals surface area contributed by atoms with Gasteiger partial charge in [-0.15, -0.1) is 0 Å². The Labute approximate surface area is 223 Å². The second-order valence-electron chi connectivity index (χ2n) is 9.11. The van der Waals surface area contributed by atoms with Crippen LogP contribution in [0.25, 0.3) is 33.3 Å². The average molecular weight is 532 g/mol. The first-order valence-electron chi connectivity index (χ1n) is 12.4. The van der Waals surface area contributed by atoms with E-state index in [-0.39, 0.29) is 19.1 Å². The van der Waals surface area contributed by atoms with Gasteiger partial charge in [-0.3, -0.25) is 4.79 Å². The molecule has 0 bridgehead atoms. The number of carbonyl (C=O) groups is 1. The standard InChI is InChI=1S/C28H29N5O6/c1-16-11-21-25(17(2)12-23(35)38-21)27-24(16)20(26(39-27)18-5-7-19(37-4)8-6-18)13-22(34)29-9-10-30-28-31-14-32-33(28)15-36-3/h5-8,11-12,14H,9-10,13,15H2,1-4H3,(H,29,34)(H,30,31,32). The zero-order valence-corrected chi connectivity index (χ0v) is 22.2. The maximum atomic E-state index is 13.1. The number of methoxy groups -OCH3 is 2. The fraction of sp³-hybridized carbons (Fsp3) is 0.286. The van der Waals surface area contributed by atoms with Gasteiger partial charge in [0.1, 0.15) is 35.7 Å². The van der Waals surface area contributed by atoms with Crippen LogP contribution in [0, 0.1) is 13.8 Å². The summed E-state index contributed by atoms with van der Waals surface area (Å²) in [7, 11) is 3.18. The van der Waals surface area contributed by atoms with E-state index in [1.807, 2.05) is 44.2 Å². The van der Waals surface area contributed by atoms with Gasteiger partial charge in [0.2, 0.25) is 11.9 Å². The molecule has 0 spiro atoms. The smallest absolute Gasteiger partial charge is 0.336 e. The number of nitrogens with zero attached hydrogens (tertiary/aromatic N) is 3. The molecule has 2 aromatic carbocycles. The highest BCUT2D eigenvalue weighted by atomic mass is 16.5. The molecule has 0 aliphatic rings. The molecule has 3 aromatic heterocycles. The summed E-state index contributed by atoms with van der Waals surface area (Å²) in [5.41, 5.74) is 3.75. The normalized spacial score (nSPS) is 11.3. The number of furan rings is 1. The first kappa shape index (κ1) is 26.0. The number of fused-ring (bicyclic) bond motifs is 3. The highest BCUT2D eigenvalue weighted by Gasteiger charge is 2.23. The SMILES string of the molecule is COCn1ncnc1NCCNC(=O)Cc1c(-c2ccc(OC)cc2)oc2c1c(C)cc1oc(=O)cc(C)c12. The molecule has 0 saturated heterocycles. The van der Waals surface area contributed by atoms with Crippen LogP contribution in [0.5, 0.6) is 5.75 Å². The van der Waals surface area contributed by atoms with E-state index in [9.17, 15) is 9.59 Å². The first-order chi connectivity index (χ1) is 18.9. The van der Waals surface area contributed by atoms with Crippen LogP contribution in [-0.4, -0.2) is 48.0 Å². The topological polar surface area (TPSA) is 134 Å². The Bertz CT molecular complexity index is 1700. The molecule has 0 radical (unpaired) electrons. The number of hydrogen-bond acceptors (Lipinski definition) is 9. The van der Waals surface area contributed by atoms with E-state index in [0.717, 1.165) is 27.6 Å². The van der Waals surface area contributed by atoms with Crippen molar-refractivity contribution in [1.82, 2.24) is 20.1 Å². The molecule has 0 atom stereocenters. The molecule has 2 N–H and O–H groups in total. The zero-order valence-electron chi connectivity index (χ0n) is 22.2. The number of benzene rings is 2. The molecule has 3 heterocycles. The lowest BCUT2D eigenvalue weighted by molar-refractivity contribution is -0.120. The van der Waals surface area contributed by atoms with Crippen LogP contribution in [-0.2, 0) is 22.7 Å². The van der Waals surface area contributed by atoms with Gasteiger partial charge in [0.15, 0.2) is 0 Å². The molecule has 202 valence electrons. The van der Waals surface area contributed by atoms with Gasteiger partial charge in [0.25, 0.3) is 0 Å². The second-order valence-corrected chi connectivity index (χ2v) is 9.11. The summed E-state index contributed by atoms with van der Waals surface area (Å²) in [6, 6.07) is 10.7. The van der Waals surface area contributed by atoms with Crippen LogP contribution < -0.4 is 21.0 Å². The van der Waals surface area contributed by atoms with E-state index in [1.165, 1.54) is 12.4 Å². The van der Waals surface area contributed by atoms with E-state index in [1.54, 1.807) is 18.9 Å². The Morgan fingerprint density at radius 2 is 1.79 bits per heavy atom. The third kappa shape index (κ3) is 5.21. The summed E-state index contributed by atoms with van der Waals surface area (Å²) in [5, 5.41) is 11.7. The van der Waals surface area contributed by atoms with Crippen molar-refractivity contribution in [2.24, 2.45) is 0 Å². The first-order valence-corrected chi connectivity index (χ1v) is 12.4. The number of aromatic nitrogens is 3. The van der Waals surface area contributed by atoms with Crippen molar-refractivity contribution >= 4 is 33.8 Å². The molecular weight excluding hydrogens is 502 g/mol. The number of carbonyl (C=O) groups excluding carboxylic acids is 1. The summed E-state index contributed by atoms with van der Waals surface area (Å²) < 4.78 is 23.9. The molecule has 0 aliphatic heterocycles. The third-order valence-corrected chi connectivity index (χ3v) is 6.45. The van der Waals surface area contributed by atoms with Crippen LogP contribution >= 0.6 is 0 Å². The molecule has 5 aromatic rings. The van der Waals surface area contributed by atoms with Crippen molar-refractivity contribution in [3.63, 3.8) is 0 Å². The summed E-state index contributed by atoms with van der Waals surface area (Å²) in [5.74, 6) is 1.68. The number of aryl methyl sites for hydroxylation is 2. The van der Waals surface area contributed by atoms with Gasteiger partial charge in [-0.25, -0.2) is 9.48 Å². The number of ether oxygens (including phenoxy) is 2. The van der Waals surface area contributed by atoms with Crippen LogP contribution in [0.15, 0.2) is 56.4 Å². The molecule has 0 fully saturated rings. The van der Waals surface area contributed by atoms with Crippen molar-refractivity contribution in [2.45, 2.75) is 27.0 Å². The minimum absolute atomic E-state index is 0.0936. The Kier molecular flexibility index (Phi) is 7.33. The monoisotopic (exact) mass is 531 g/mol. The van der Waals surface area contributed by atoms with Gasteiger partial charge >= 0.3 is 5.63 Å². The lowest BCUT2D eigenvalue weighted by atomic mass is 9.97. The lowest BCUT2D eigenvalue weighted by Gasteiger charge is -2.10. The predicted octanol–water partition coefficient (Wildman–Crippen LogP) is 3.80. The number of nitrogens with one attached hydrogen (secondary N) is 2. The average Bonchev–Trinajstić information content (AvgIpc) is 3.51. The Morgan fingerprint density at radius 1 is 1.03 bits per heavy atom. The van der Waals surface area contributed by atoms with Gasteiger partial charge in [0, 0.05) is 42.8 Å². The highest BCUT2D eigenvalue weighted by molar-refractivity contribution is 6.09. The molecule has 11 heteroatoms. The van der Waals surface area contributed by atoms with Gasteiger partial charge in [-0.05, 0) is 55.3 Å². The van der Waals surface area contributed by atoms with Crippen molar-refractivity contribution in [3.8, 4) is 17.1 Å². The minimum atomic E-state index is -0.422. The number of hydrogen-bond donors (Lipinski definition) is 2. The van der Waals surface area contributed by atoms with E-state index in [2.05, 4.69) is 20.7 Å². The molecule has 0 aliphatic carbocycles. The number of rotatable bonds is 10. The molecule has 0 unspecified atom stereocenters. The minimum Gasteiger partial charge on any atom is -0.497 e. The van der Waals surface area contributed by atoms with Gasteiger partial charge in [0.05, 0.1) is 18.9 Å². The molecular formula is C28H29N5O6. The number of amides is 1. The van der Waals surface area contributed by atoms with Crippen molar-refractivity contribution in [1.29, 1.82) is 0 Å². The van der Waals surface area contributed by atoms with Crippen molar-refractivity contribution in [3.05, 3.63) is 69.8 Å². The fourth-order valence-electron chi connectivity index (χ4n) is 4.71. The Hall–Kier alpha value is -4.64. The van der Waals surface area contributed by atoms with Crippen LogP contribution in [0.1, 0.15) is 16.7 Å². The van der Waals surface area contributed by atoms with E-state index in [0.29, 0.717) is 47.1 Å². The van der Waals surface area contributed by atoms with Gasteiger partial charge < -0.3 is 28.9 Å². The molecule has 11 nitrogen and oxygen atoms in total. The Morgan fingerprint density at radius 3 is 2.54 bits per heavy atom. The molecule has 39 heavy (non-hydrogen) atoms. The predicted molar refractivity (Wildman–Crippen MR) is 146 cm³/mol. The quantitative estimate of drug-likeness (QED) is 0.204. The summed E-state index contributed by atoms with van der Waals surface area (Å²) in [6.07, 6.45) is 1.53. The molecule has 0 saturated carbocycles. The van der Waals surface area contributed by atoms with Crippen molar-refractivity contribution in [2.75, 3.05) is 32.6 Å². The zero-order chi connectivity index (χ0) is 27.5. The number of anilines is 1. The second kappa shape index (κ2) is 11.0.